The maximum Gasteiger partial charge on any atom is 0.274 e. The van der Waals surface area contributed by atoms with Crippen LogP contribution in [0.4, 0.5) is 5.69 Å². The van der Waals surface area contributed by atoms with Crippen LogP contribution in [0.2, 0.25) is 28.2 Å². The van der Waals surface area contributed by atoms with Crippen molar-refractivity contribution in [2.24, 2.45) is 0 Å². The lowest BCUT2D eigenvalue weighted by Gasteiger charge is -2.37. The number of aromatic nitrogens is 3. The summed E-state index contributed by atoms with van der Waals surface area (Å²) in [5.74, 6) is -0.0939. The van der Waals surface area contributed by atoms with E-state index in [-0.39, 0.29) is 16.8 Å². The largest absolute Gasteiger partial charge is 0.480 e. The molecule has 278 valence electrons. The van der Waals surface area contributed by atoms with Crippen molar-refractivity contribution < 1.29 is 19.1 Å². The molecule has 2 aromatic heterocycles. The molecule has 0 aliphatic carbocycles. The van der Waals surface area contributed by atoms with Gasteiger partial charge in [-0.3, -0.25) is 19.6 Å². The van der Waals surface area contributed by atoms with E-state index in [2.05, 4.69) is 60.0 Å². The topological polar surface area (TPSA) is 137 Å². The number of nitrogens with one attached hydrogen (secondary N) is 1. The van der Waals surface area contributed by atoms with Crippen molar-refractivity contribution in [2.75, 3.05) is 45.2 Å². The molecule has 1 amide bonds. The minimum absolute atomic E-state index is 0.128. The summed E-state index contributed by atoms with van der Waals surface area (Å²) < 4.78 is 12.0. The van der Waals surface area contributed by atoms with E-state index in [0.717, 1.165) is 24.3 Å². The molecule has 0 unspecified atom stereocenters. The van der Waals surface area contributed by atoms with Crippen LogP contribution in [0.3, 0.4) is 0 Å². The van der Waals surface area contributed by atoms with Gasteiger partial charge in [0.2, 0.25) is 5.88 Å². The molecule has 2 aliphatic rings. The average Bonchev–Trinajstić information content (AvgIpc) is 3.11. The third-order valence-corrected chi connectivity index (χ3v) is 15.8. The Morgan fingerprint density at radius 1 is 1.08 bits per heavy atom. The zero-order valence-corrected chi connectivity index (χ0v) is 33.5. The number of β-amino-alcohol motifs (C(OH)–C–C–N with tert-alkyl or cyclic N) is 1. The van der Waals surface area contributed by atoms with Crippen molar-refractivity contribution in [2.45, 2.75) is 64.5 Å². The first-order valence-corrected chi connectivity index (χ1v) is 21.3. The van der Waals surface area contributed by atoms with Crippen molar-refractivity contribution in [3.05, 3.63) is 86.9 Å². The molecule has 11 nitrogen and oxygen atoms in total. The molecule has 2 N–H and O–H groups in total. The van der Waals surface area contributed by atoms with Crippen LogP contribution in [0.1, 0.15) is 53.8 Å². The normalized spacial score (nSPS) is 15.4. The summed E-state index contributed by atoms with van der Waals surface area (Å²) in [6, 6.07) is 14.7. The van der Waals surface area contributed by atoms with E-state index in [0.29, 0.717) is 94.5 Å². The number of pyridine rings is 1. The number of rotatable bonds is 11. The number of nitrogens with zero attached hydrogens (tertiary/aromatic N) is 6. The van der Waals surface area contributed by atoms with Crippen LogP contribution in [0, 0.1) is 11.3 Å². The molecule has 53 heavy (non-hydrogen) atoms. The predicted octanol–water partition coefficient (Wildman–Crippen LogP) is 7.20. The van der Waals surface area contributed by atoms with Crippen LogP contribution in [0.5, 0.6) is 5.88 Å². The molecular formula is C39H45Cl2N7O4Si. The summed E-state index contributed by atoms with van der Waals surface area (Å²) in [6.45, 7) is 15.5. The van der Waals surface area contributed by atoms with Crippen molar-refractivity contribution in [1.82, 2.24) is 24.8 Å². The van der Waals surface area contributed by atoms with Gasteiger partial charge in [-0.05, 0) is 42.2 Å². The Labute approximate surface area is 322 Å². The number of fused-ring (bicyclic) bond motifs is 1. The van der Waals surface area contributed by atoms with Gasteiger partial charge >= 0.3 is 0 Å². The quantitative estimate of drug-likeness (QED) is 0.151. The molecule has 0 atom stereocenters. The number of ether oxygens (including phenoxy) is 1. The third kappa shape index (κ3) is 8.42. The Kier molecular flexibility index (Phi) is 11.6. The molecule has 1 fully saturated rings. The SMILES string of the molecule is COc1nc(-c2cccc(-c3cccc(NC(=O)c4cc(C#N)c5c(n4)CN(CCO[Si](C)(C)C(C)(C)C)CC5)c3Cl)c2Cl)cnc1CN1CC(O)C1. The summed E-state index contributed by atoms with van der Waals surface area (Å²) in [6.07, 6.45) is 2.01. The molecule has 6 rings (SSSR count). The second kappa shape index (κ2) is 15.8. The van der Waals surface area contributed by atoms with E-state index in [9.17, 15) is 15.2 Å². The van der Waals surface area contributed by atoms with E-state index in [1.165, 1.54) is 0 Å². The zero-order chi connectivity index (χ0) is 38.1. The second-order valence-electron chi connectivity index (χ2n) is 15.1. The van der Waals surface area contributed by atoms with E-state index >= 15 is 0 Å². The summed E-state index contributed by atoms with van der Waals surface area (Å²) in [5, 5.41) is 23.4. The van der Waals surface area contributed by atoms with E-state index in [1.807, 2.05) is 24.3 Å². The van der Waals surface area contributed by atoms with Crippen LogP contribution in [0.25, 0.3) is 22.4 Å². The number of halogens is 2. The summed E-state index contributed by atoms with van der Waals surface area (Å²) >= 11 is 14.0. The average molecular weight is 775 g/mol. The Morgan fingerprint density at radius 2 is 1.77 bits per heavy atom. The fourth-order valence-electron chi connectivity index (χ4n) is 6.29. The minimum Gasteiger partial charge on any atom is -0.480 e. The third-order valence-electron chi connectivity index (χ3n) is 10.4. The molecule has 0 radical (unpaired) electrons. The summed E-state index contributed by atoms with van der Waals surface area (Å²) in [7, 11) is -0.330. The molecule has 14 heteroatoms. The van der Waals surface area contributed by atoms with Crippen LogP contribution >= 0.6 is 23.2 Å². The Hall–Kier alpha value is -3.93. The molecule has 4 heterocycles. The highest BCUT2D eigenvalue weighted by Crippen LogP contribution is 2.41. The molecule has 4 aromatic rings. The van der Waals surface area contributed by atoms with Gasteiger partial charge in [0, 0.05) is 62.6 Å². The monoisotopic (exact) mass is 773 g/mol. The highest BCUT2D eigenvalue weighted by Gasteiger charge is 2.37. The van der Waals surface area contributed by atoms with Gasteiger partial charge in [0.05, 0.1) is 58.2 Å². The maximum absolute atomic E-state index is 13.7. The first-order valence-electron chi connectivity index (χ1n) is 17.7. The van der Waals surface area contributed by atoms with Gasteiger partial charge in [-0.2, -0.15) is 5.26 Å². The Morgan fingerprint density at radius 3 is 2.45 bits per heavy atom. The standard InChI is InChI=1S/C39H45Cl2N7O4Si/c1-39(2,3)53(5,6)52-16-15-47-14-13-26-24(18-42)17-31(44-33(26)22-47)37(50)45-30-12-8-10-28(36(30)41)27-9-7-11-29(35(27)40)32-19-43-34(38(46-32)51-4)23-48-20-25(49)21-48/h7-12,17,19,25,49H,13-16,20-23H2,1-6H3,(H,45,50). The number of carbonyl (C=O) groups excluding carboxylic acids is 1. The first kappa shape index (κ1) is 38.8. The molecule has 2 aliphatic heterocycles. The van der Waals surface area contributed by atoms with Crippen LogP contribution in [-0.4, -0.2) is 90.1 Å². The Balaban J connectivity index is 1.20. The fraction of sp³-hybridized carbons (Fsp3) is 0.410. The van der Waals surface area contributed by atoms with E-state index in [1.54, 1.807) is 31.5 Å². The fourth-order valence-corrected chi connectivity index (χ4v) is 7.93. The summed E-state index contributed by atoms with van der Waals surface area (Å²) in [4.78, 5) is 32.1. The highest BCUT2D eigenvalue weighted by molar-refractivity contribution is 6.74. The van der Waals surface area contributed by atoms with Gasteiger partial charge in [0.1, 0.15) is 11.4 Å². The predicted molar refractivity (Wildman–Crippen MR) is 210 cm³/mol. The number of hydrogen-bond donors (Lipinski definition) is 2. The Bertz CT molecular complexity index is 2060. The number of likely N-dealkylation sites (tertiary alicyclic amines) is 1. The minimum atomic E-state index is -1.87. The van der Waals surface area contributed by atoms with Crippen molar-refractivity contribution in [1.29, 1.82) is 5.26 Å². The lowest BCUT2D eigenvalue weighted by Crippen LogP contribution is -2.50. The van der Waals surface area contributed by atoms with E-state index < -0.39 is 14.2 Å². The van der Waals surface area contributed by atoms with Gasteiger partial charge < -0.3 is 19.6 Å². The molecular weight excluding hydrogens is 729 g/mol. The number of nitriles is 1. The van der Waals surface area contributed by atoms with Gasteiger partial charge in [-0.25, -0.2) is 9.97 Å². The number of aliphatic hydroxyl groups is 1. The number of carbonyl (C=O) groups is 1. The van der Waals surface area contributed by atoms with Crippen LogP contribution < -0.4 is 10.1 Å². The first-order chi connectivity index (χ1) is 25.2. The molecule has 2 aromatic carbocycles. The highest BCUT2D eigenvalue weighted by atomic mass is 35.5. The van der Waals surface area contributed by atoms with Crippen LogP contribution in [-0.2, 0) is 23.9 Å². The molecule has 0 bridgehead atoms. The zero-order valence-electron chi connectivity index (χ0n) is 31.0. The van der Waals surface area contributed by atoms with Gasteiger partial charge in [-0.15, -0.1) is 0 Å². The van der Waals surface area contributed by atoms with E-state index in [4.69, 9.17) is 42.3 Å². The van der Waals surface area contributed by atoms with Crippen molar-refractivity contribution in [3.63, 3.8) is 0 Å². The van der Waals surface area contributed by atoms with Gasteiger partial charge in [0.25, 0.3) is 5.91 Å². The number of benzene rings is 2. The number of amides is 1. The smallest absolute Gasteiger partial charge is 0.274 e. The summed E-state index contributed by atoms with van der Waals surface area (Å²) in [5.41, 5.74) is 5.65. The van der Waals surface area contributed by atoms with Crippen molar-refractivity contribution in [3.8, 4) is 34.3 Å². The van der Waals surface area contributed by atoms with Gasteiger partial charge in [-0.1, -0.05) is 74.3 Å². The van der Waals surface area contributed by atoms with Crippen LogP contribution in [0.15, 0.2) is 48.7 Å². The number of anilines is 1. The maximum atomic E-state index is 13.7. The van der Waals surface area contributed by atoms with Crippen molar-refractivity contribution >= 4 is 43.1 Å². The number of hydrogen-bond acceptors (Lipinski definition) is 10. The number of methoxy groups -OCH3 is 1. The molecule has 1 saturated heterocycles. The van der Waals surface area contributed by atoms with Gasteiger partial charge in [0.15, 0.2) is 8.32 Å². The molecule has 0 saturated carbocycles. The second-order valence-corrected chi connectivity index (χ2v) is 20.6. The lowest BCUT2D eigenvalue weighted by atomic mass is 9.98. The lowest BCUT2D eigenvalue weighted by molar-refractivity contribution is -0.00403. The number of aliphatic hydroxyl groups excluding tert-OH is 1. The molecule has 0 spiro atoms.